The summed E-state index contributed by atoms with van der Waals surface area (Å²) in [5, 5.41) is 5.12. The molecule has 21 heavy (non-hydrogen) atoms. The third kappa shape index (κ3) is 4.29. The van der Waals surface area contributed by atoms with Gasteiger partial charge in [0.05, 0.1) is 5.02 Å². The molecule has 1 aliphatic heterocycles. The van der Waals surface area contributed by atoms with Crippen LogP contribution in [0, 0.1) is 0 Å². The summed E-state index contributed by atoms with van der Waals surface area (Å²) >= 11 is 5.72. The van der Waals surface area contributed by atoms with Crippen LogP contribution in [0.3, 0.4) is 0 Å². The molecule has 5 nitrogen and oxygen atoms in total. The zero-order valence-electron chi connectivity index (χ0n) is 10.9. The van der Waals surface area contributed by atoms with E-state index in [4.69, 9.17) is 11.6 Å². The highest BCUT2D eigenvalue weighted by molar-refractivity contribution is 6.32. The summed E-state index contributed by atoms with van der Waals surface area (Å²) in [6.45, 7) is -3.01. The van der Waals surface area contributed by atoms with Gasteiger partial charge in [-0.25, -0.2) is 0 Å². The van der Waals surface area contributed by atoms with Crippen LogP contribution in [0.2, 0.25) is 5.02 Å². The Labute approximate surface area is 124 Å². The van der Waals surface area contributed by atoms with Crippen molar-refractivity contribution >= 4 is 29.1 Å². The first kappa shape index (κ1) is 15.5. The van der Waals surface area contributed by atoms with Gasteiger partial charge >= 0.3 is 6.61 Å². The predicted molar refractivity (Wildman–Crippen MR) is 72.5 cm³/mol. The average Bonchev–Trinajstić information content (AvgIpc) is 2.42. The number of hydrogen-bond acceptors (Lipinski definition) is 3. The minimum Gasteiger partial charge on any atom is -0.433 e. The van der Waals surface area contributed by atoms with Gasteiger partial charge in [0.2, 0.25) is 11.8 Å². The number of hydrogen-bond donors (Lipinski definition) is 2. The van der Waals surface area contributed by atoms with Gasteiger partial charge < -0.3 is 15.4 Å². The first-order valence-electron chi connectivity index (χ1n) is 6.30. The van der Waals surface area contributed by atoms with Gasteiger partial charge in [0.15, 0.2) is 0 Å². The van der Waals surface area contributed by atoms with E-state index < -0.39 is 18.6 Å². The fourth-order valence-electron chi connectivity index (χ4n) is 2.00. The molecule has 0 spiro atoms. The summed E-state index contributed by atoms with van der Waals surface area (Å²) in [6, 6.07) is 3.38. The number of alkyl halides is 2. The van der Waals surface area contributed by atoms with Crippen LogP contribution in [0.25, 0.3) is 0 Å². The molecule has 1 aromatic carbocycles. The Morgan fingerprint density at radius 3 is 2.90 bits per heavy atom. The van der Waals surface area contributed by atoms with E-state index in [0.29, 0.717) is 19.3 Å². The Hall–Kier alpha value is -1.89. The first-order chi connectivity index (χ1) is 9.95. The van der Waals surface area contributed by atoms with E-state index in [-0.39, 0.29) is 22.4 Å². The van der Waals surface area contributed by atoms with E-state index in [1.54, 1.807) is 0 Å². The molecule has 0 aromatic heterocycles. The maximum Gasteiger partial charge on any atom is 0.387 e. The third-order valence-electron chi connectivity index (χ3n) is 2.96. The van der Waals surface area contributed by atoms with Gasteiger partial charge in [0.25, 0.3) is 0 Å². The van der Waals surface area contributed by atoms with Crippen LogP contribution in [0.1, 0.15) is 19.3 Å². The largest absolute Gasteiger partial charge is 0.433 e. The van der Waals surface area contributed by atoms with Crippen molar-refractivity contribution in [1.82, 2.24) is 5.32 Å². The summed E-state index contributed by atoms with van der Waals surface area (Å²) in [5.41, 5.74) is 0.264. The molecule has 2 rings (SSSR count). The standard InChI is InChI=1S/C13H13ClF2N2O3/c14-8-5-4-7(6-10(8)21-13(15)16)17-12(20)9-2-1-3-11(19)18-9/h4-6,9,13H,1-3H2,(H,17,20)(H,18,19)/t9-/m1/s1. The van der Waals surface area contributed by atoms with Gasteiger partial charge in [-0.1, -0.05) is 11.6 Å². The van der Waals surface area contributed by atoms with Crippen molar-refractivity contribution in [1.29, 1.82) is 0 Å². The van der Waals surface area contributed by atoms with Crippen molar-refractivity contribution in [2.45, 2.75) is 31.9 Å². The number of anilines is 1. The molecule has 2 amide bonds. The van der Waals surface area contributed by atoms with Gasteiger partial charge in [-0.2, -0.15) is 8.78 Å². The lowest BCUT2D eigenvalue weighted by molar-refractivity contribution is -0.128. The van der Waals surface area contributed by atoms with Crippen molar-refractivity contribution in [3.05, 3.63) is 23.2 Å². The number of benzene rings is 1. The maximum atomic E-state index is 12.2. The van der Waals surface area contributed by atoms with Crippen molar-refractivity contribution in [3.8, 4) is 5.75 Å². The zero-order valence-corrected chi connectivity index (χ0v) is 11.6. The molecule has 1 heterocycles. The number of ether oxygens (including phenoxy) is 1. The van der Waals surface area contributed by atoms with Crippen molar-refractivity contribution in [3.63, 3.8) is 0 Å². The Bertz CT molecular complexity index is 554. The molecule has 0 bridgehead atoms. The summed E-state index contributed by atoms with van der Waals surface area (Å²) in [7, 11) is 0. The minimum absolute atomic E-state index is 0.0132. The lowest BCUT2D eigenvalue weighted by Crippen LogP contribution is -2.46. The molecule has 0 aliphatic carbocycles. The SMILES string of the molecule is O=C1CCC[C@H](C(=O)Nc2ccc(Cl)c(OC(F)F)c2)N1. The predicted octanol–water partition coefficient (Wildman–Crippen LogP) is 2.55. The third-order valence-corrected chi connectivity index (χ3v) is 3.28. The lowest BCUT2D eigenvalue weighted by atomic mass is 10.0. The molecule has 114 valence electrons. The summed E-state index contributed by atoms with van der Waals surface area (Å²) in [6.07, 6.45) is 1.56. The van der Waals surface area contributed by atoms with E-state index >= 15 is 0 Å². The number of nitrogens with one attached hydrogen (secondary N) is 2. The molecule has 0 saturated carbocycles. The Balaban J connectivity index is 2.05. The zero-order chi connectivity index (χ0) is 15.4. The normalized spacial score (nSPS) is 18.3. The molecule has 1 fully saturated rings. The summed E-state index contributed by atoms with van der Waals surface area (Å²) in [5.74, 6) is -0.815. The number of piperidine rings is 1. The second-order valence-electron chi connectivity index (χ2n) is 4.53. The number of amides is 2. The summed E-state index contributed by atoms with van der Waals surface area (Å²) < 4.78 is 28.7. The van der Waals surface area contributed by atoms with Gasteiger partial charge in [-0.15, -0.1) is 0 Å². The summed E-state index contributed by atoms with van der Waals surface area (Å²) in [4.78, 5) is 23.2. The molecular formula is C13H13ClF2N2O3. The Morgan fingerprint density at radius 2 is 2.24 bits per heavy atom. The van der Waals surface area contributed by atoms with Crippen molar-refractivity contribution in [2.24, 2.45) is 0 Å². The molecule has 1 aliphatic rings. The van der Waals surface area contributed by atoms with Gasteiger partial charge in [-0.3, -0.25) is 9.59 Å². The molecule has 1 aromatic rings. The van der Waals surface area contributed by atoms with Crippen molar-refractivity contribution < 1.29 is 23.1 Å². The van der Waals surface area contributed by atoms with E-state index in [9.17, 15) is 18.4 Å². The number of carbonyl (C=O) groups is 2. The Morgan fingerprint density at radius 1 is 1.48 bits per heavy atom. The molecule has 2 N–H and O–H groups in total. The van der Waals surface area contributed by atoms with E-state index in [1.807, 2.05) is 0 Å². The van der Waals surface area contributed by atoms with E-state index in [1.165, 1.54) is 18.2 Å². The molecule has 0 radical (unpaired) electrons. The lowest BCUT2D eigenvalue weighted by Gasteiger charge is -2.22. The number of carbonyl (C=O) groups excluding carboxylic acids is 2. The monoisotopic (exact) mass is 318 g/mol. The van der Waals surface area contributed by atoms with E-state index in [0.717, 1.165) is 0 Å². The fourth-order valence-corrected chi connectivity index (χ4v) is 2.16. The second-order valence-corrected chi connectivity index (χ2v) is 4.93. The second kappa shape index (κ2) is 6.71. The highest BCUT2D eigenvalue weighted by Crippen LogP contribution is 2.29. The van der Waals surface area contributed by atoms with Gasteiger partial charge in [0, 0.05) is 18.2 Å². The first-order valence-corrected chi connectivity index (χ1v) is 6.68. The fraction of sp³-hybridized carbons (Fsp3) is 0.385. The van der Waals surface area contributed by atoms with Gasteiger partial charge in [-0.05, 0) is 25.0 Å². The molecule has 0 unspecified atom stereocenters. The smallest absolute Gasteiger partial charge is 0.387 e. The quantitative estimate of drug-likeness (QED) is 0.896. The highest BCUT2D eigenvalue weighted by Gasteiger charge is 2.24. The molecule has 1 saturated heterocycles. The van der Waals surface area contributed by atoms with Crippen LogP contribution in [0.5, 0.6) is 5.75 Å². The van der Waals surface area contributed by atoms with Crippen LogP contribution < -0.4 is 15.4 Å². The number of halogens is 3. The average molecular weight is 319 g/mol. The van der Waals surface area contributed by atoms with Crippen LogP contribution in [-0.4, -0.2) is 24.5 Å². The molecule has 1 atom stereocenters. The number of rotatable bonds is 4. The minimum atomic E-state index is -3.01. The van der Waals surface area contributed by atoms with E-state index in [2.05, 4.69) is 15.4 Å². The van der Waals surface area contributed by atoms with Crippen LogP contribution in [-0.2, 0) is 9.59 Å². The van der Waals surface area contributed by atoms with Gasteiger partial charge in [0.1, 0.15) is 11.8 Å². The Kier molecular flexibility index (Phi) is 4.95. The van der Waals surface area contributed by atoms with Crippen LogP contribution in [0.15, 0.2) is 18.2 Å². The molecular weight excluding hydrogens is 306 g/mol. The van der Waals surface area contributed by atoms with Crippen LogP contribution >= 0.6 is 11.6 Å². The topological polar surface area (TPSA) is 67.4 Å². The maximum absolute atomic E-state index is 12.2. The van der Waals surface area contributed by atoms with Crippen molar-refractivity contribution in [2.75, 3.05) is 5.32 Å². The van der Waals surface area contributed by atoms with Crippen LogP contribution in [0.4, 0.5) is 14.5 Å². The highest BCUT2D eigenvalue weighted by atomic mass is 35.5. The molecule has 8 heteroatoms.